The lowest BCUT2D eigenvalue weighted by Crippen LogP contribution is -2.64. The van der Waals surface area contributed by atoms with Gasteiger partial charge in [-0.3, -0.25) is 46.9 Å². The van der Waals surface area contributed by atoms with Crippen molar-refractivity contribution in [2.24, 2.45) is 0 Å². The molecule has 0 bridgehead atoms. The van der Waals surface area contributed by atoms with Gasteiger partial charge in [-0.25, -0.2) is 9.13 Å². The third-order valence-corrected chi connectivity index (χ3v) is 16.2. The molecule has 4 aliphatic rings. The molecule has 82 heavy (non-hydrogen) atoms. The summed E-state index contributed by atoms with van der Waals surface area (Å²) in [6, 6.07) is -3.76. The second-order valence-electron chi connectivity index (χ2n) is 20.8. The number of carbonyl (C=O) groups is 6. The number of ether oxygens (including phenoxy) is 4. The summed E-state index contributed by atoms with van der Waals surface area (Å²) < 4.78 is 68.2. The molecule has 4 heterocycles. The van der Waals surface area contributed by atoms with Crippen LogP contribution in [0.25, 0.3) is 0 Å². The number of likely N-dealkylation sites (tertiary alicyclic amines) is 2. The molecule has 0 aromatic rings. The van der Waals surface area contributed by atoms with Crippen molar-refractivity contribution < 1.29 is 120 Å². The van der Waals surface area contributed by atoms with E-state index in [2.05, 4.69) is 25.8 Å². The predicted molar refractivity (Wildman–Crippen MR) is 283 cm³/mol. The molecule has 33 heteroatoms. The van der Waals surface area contributed by atoms with Gasteiger partial charge in [0.2, 0.25) is 35.4 Å². The van der Waals surface area contributed by atoms with Crippen LogP contribution >= 0.6 is 15.6 Å². The molecule has 4 saturated heterocycles. The van der Waals surface area contributed by atoms with Crippen molar-refractivity contribution in [2.45, 2.75) is 202 Å². The van der Waals surface area contributed by atoms with Gasteiger partial charge in [0.25, 0.3) is 0 Å². The standard InChI is InChI=1S/C49H88N6O25P2/c1-30(58)52-42-46(67)44(65)36(26-56)78-48(42)74-20-12-8-14-38(61)50-18-10-4-6-16-40(63)54-24-34(60)22-32(54)28-77-82(71,72)80-35-23-33(29-76-81(69,70)73-3)55(25-35)41(64)17-7-5-11-19-51-39(62)15-9-13-21-75-49-43(53-31(2)59)47(68)45(66)37(27-57)79-49/h32-37,42-49,56-57,60,65-68H,4-29H2,1-3H3,(H,50,61)(H,51,62)(H,52,58)(H,53,59)(H,69,70)(H,71,72)/t32?,33-,34+,35+,36?,37?,42?,43?,44?,45?,46?,47?,48?,49?/m0/s1. The van der Waals surface area contributed by atoms with Gasteiger partial charge in [-0.1, -0.05) is 12.8 Å². The zero-order chi connectivity index (χ0) is 60.6. The van der Waals surface area contributed by atoms with Gasteiger partial charge in [-0.15, -0.1) is 0 Å². The molecule has 0 aromatic heterocycles. The van der Waals surface area contributed by atoms with Crippen LogP contribution in [-0.4, -0.2) is 249 Å². The molecule has 16 atom stereocenters. The first-order valence-corrected chi connectivity index (χ1v) is 30.9. The lowest BCUT2D eigenvalue weighted by molar-refractivity contribution is -0.270. The Morgan fingerprint density at radius 3 is 1.43 bits per heavy atom. The SMILES string of the molecule is COP(=O)(O)OC[C@@H]1C[C@@H](OP(=O)(O)OCC2C[C@@H](O)CN2C(=O)CCCCCNC(=O)CCCCOC2OC(CO)C(O)C(O)C2NC(C)=O)CN1C(=O)CCCCCNC(=O)CCCCOC1OC(CO)C(O)C(O)C1NC(C)=O. The van der Waals surface area contributed by atoms with Crippen molar-refractivity contribution in [3.63, 3.8) is 0 Å². The second-order valence-corrected chi connectivity index (χ2v) is 23.8. The van der Waals surface area contributed by atoms with E-state index in [4.69, 9.17) is 32.5 Å². The highest BCUT2D eigenvalue weighted by Gasteiger charge is 2.47. The number of aliphatic hydroxyl groups excluding tert-OH is 7. The van der Waals surface area contributed by atoms with Gasteiger partial charge in [0, 0.05) is 86.0 Å². The van der Waals surface area contributed by atoms with Crippen molar-refractivity contribution >= 4 is 51.1 Å². The molecule has 6 amide bonds. The van der Waals surface area contributed by atoms with E-state index in [1.807, 2.05) is 0 Å². The number of unbranched alkanes of at least 4 members (excludes halogenated alkanes) is 6. The van der Waals surface area contributed by atoms with Gasteiger partial charge >= 0.3 is 15.6 Å². The van der Waals surface area contributed by atoms with Crippen LogP contribution in [0.2, 0.25) is 0 Å². The van der Waals surface area contributed by atoms with E-state index in [0.29, 0.717) is 77.3 Å². The summed E-state index contributed by atoms with van der Waals surface area (Å²) >= 11 is 0. The first kappa shape index (κ1) is 71.1. The van der Waals surface area contributed by atoms with Gasteiger partial charge in [-0.2, -0.15) is 0 Å². The lowest BCUT2D eigenvalue weighted by atomic mass is 9.97. The number of hydrogen-bond acceptors (Lipinski definition) is 23. The highest BCUT2D eigenvalue weighted by Crippen LogP contribution is 2.48. The van der Waals surface area contributed by atoms with Crippen LogP contribution in [-0.2, 0) is 74.9 Å². The Bertz CT molecular complexity index is 2110. The van der Waals surface area contributed by atoms with Crippen LogP contribution in [0, 0.1) is 0 Å². The van der Waals surface area contributed by atoms with Gasteiger partial charge in [-0.05, 0) is 64.2 Å². The number of nitrogens with one attached hydrogen (secondary N) is 4. The molecular formula is C49H88N6O25P2. The second kappa shape index (κ2) is 35.9. The van der Waals surface area contributed by atoms with Gasteiger partial charge in [0.1, 0.15) is 48.7 Å². The van der Waals surface area contributed by atoms with E-state index in [9.17, 15) is 83.4 Å². The number of hydrogen-bond donors (Lipinski definition) is 13. The summed E-state index contributed by atoms with van der Waals surface area (Å²) in [4.78, 5) is 98.2. The summed E-state index contributed by atoms with van der Waals surface area (Å²) in [5, 5.41) is 81.1. The number of aliphatic hydroxyl groups is 7. The normalized spacial score (nSPS) is 29.9. The van der Waals surface area contributed by atoms with Gasteiger partial charge in [0.15, 0.2) is 12.6 Å². The summed E-state index contributed by atoms with van der Waals surface area (Å²) in [5.74, 6) is -2.10. The molecule has 0 aromatic carbocycles. The number of rotatable bonds is 37. The molecule has 13 N–H and O–H groups in total. The van der Waals surface area contributed by atoms with Gasteiger partial charge < -0.3 is 95.5 Å². The maximum atomic E-state index is 13.5. The minimum atomic E-state index is -4.85. The fourth-order valence-corrected chi connectivity index (χ4v) is 11.3. The van der Waals surface area contributed by atoms with Crippen molar-refractivity contribution in [1.29, 1.82) is 0 Å². The average Bonchev–Trinajstić information content (AvgIpc) is 4.13. The van der Waals surface area contributed by atoms with Crippen LogP contribution in [0.3, 0.4) is 0 Å². The number of phosphoric ester groups is 2. The molecule has 474 valence electrons. The Balaban J connectivity index is 1.10. The molecule has 4 fully saturated rings. The van der Waals surface area contributed by atoms with E-state index >= 15 is 0 Å². The third-order valence-electron chi connectivity index (χ3n) is 14.2. The lowest BCUT2D eigenvalue weighted by Gasteiger charge is -2.42. The predicted octanol–water partition coefficient (Wildman–Crippen LogP) is -2.57. The fraction of sp³-hybridized carbons (Fsp3) is 0.878. The minimum absolute atomic E-state index is 0.0237. The van der Waals surface area contributed by atoms with Crippen LogP contribution in [0.5, 0.6) is 0 Å². The Morgan fingerprint density at radius 1 is 0.561 bits per heavy atom. The number of β-amino-alcohol motifs (C(OH)–C–C–N with tert-alkyl or cyclic N) is 1. The van der Waals surface area contributed by atoms with E-state index in [1.54, 1.807) is 0 Å². The third kappa shape index (κ3) is 24.2. The maximum Gasteiger partial charge on any atom is 0.472 e. The Morgan fingerprint density at radius 2 is 0.988 bits per heavy atom. The summed E-state index contributed by atoms with van der Waals surface area (Å²) in [6.07, 6.45) is -7.01. The molecule has 0 aliphatic carbocycles. The van der Waals surface area contributed by atoms with Crippen LogP contribution in [0.15, 0.2) is 0 Å². The molecule has 0 saturated carbocycles. The molecule has 4 aliphatic heterocycles. The Kier molecular flexibility index (Phi) is 31.1. The topological polar surface area (TPSA) is 447 Å². The van der Waals surface area contributed by atoms with E-state index in [1.165, 1.54) is 23.6 Å². The largest absolute Gasteiger partial charge is 0.472 e. The van der Waals surface area contributed by atoms with E-state index in [-0.39, 0.29) is 82.5 Å². The number of phosphoric acid groups is 2. The first-order valence-electron chi connectivity index (χ1n) is 27.9. The van der Waals surface area contributed by atoms with Crippen LogP contribution in [0.4, 0.5) is 0 Å². The molecule has 0 radical (unpaired) electrons. The average molecular weight is 1220 g/mol. The van der Waals surface area contributed by atoms with E-state index in [0.717, 1.165) is 7.11 Å². The number of amides is 6. The molecular weight excluding hydrogens is 1130 g/mol. The van der Waals surface area contributed by atoms with Crippen molar-refractivity contribution in [1.82, 2.24) is 31.1 Å². The molecule has 0 spiro atoms. The van der Waals surface area contributed by atoms with Crippen LogP contribution in [0.1, 0.15) is 117 Å². The minimum Gasteiger partial charge on any atom is -0.394 e. The quantitative estimate of drug-likeness (QED) is 0.0225. The first-order chi connectivity index (χ1) is 38.9. The summed E-state index contributed by atoms with van der Waals surface area (Å²) in [7, 11) is -8.36. The number of carbonyl (C=O) groups excluding carboxylic acids is 6. The maximum absolute atomic E-state index is 13.5. The highest BCUT2D eigenvalue weighted by molar-refractivity contribution is 7.47. The van der Waals surface area contributed by atoms with E-state index < -0.39 is 145 Å². The van der Waals surface area contributed by atoms with Crippen molar-refractivity contribution in [2.75, 3.05) is 72.9 Å². The summed E-state index contributed by atoms with van der Waals surface area (Å²) in [6.45, 7) is 1.04. The Hall–Kier alpha value is -3.40. The zero-order valence-corrected chi connectivity index (χ0v) is 48.6. The highest BCUT2D eigenvalue weighted by atomic mass is 31.2. The zero-order valence-electron chi connectivity index (χ0n) is 46.8. The smallest absolute Gasteiger partial charge is 0.394 e. The number of nitrogens with zero attached hydrogens (tertiary/aromatic N) is 2. The molecule has 13 unspecified atom stereocenters. The monoisotopic (exact) mass is 1220 g/mol. The van der Waals surface area contributed by atoms with Gasteiger partial charge in [0.05, 0.1) is 50.7 Å². The van der Waals surface area contributed by atoms with Crippen molar-refractivity contribution in [3.05, 3.63) is 0 Å². The molecule has 4 rings (SSSR count). The Labute approximate surface area is 476 Å². The molecule has 31 nitrogen and oxygen atoms in total. The van der Waals surface area contributed by atoms with Crippen LogP contribution < -0.4 is 21.3 Å². The fourth-order valence-electron chi connectivity index (χ4n) is 9.88. The summed E-state index contributed by atoms with van der Waals surface area (Å²) in [5.41, 5.74) is 0. The van der Waals surface area contributed by atoms with Crippen molar-refractivity contribution in [3.8, 4) is 0 Å².